The fraction of sp³-hybridized carbons (Fsp3) is 0.385. The Bertz CT molecular complexity index is 1110. The van der Waals surface area contributed by atoms with Gasteiger partial charge >= 0.3 is 0 Å². The third kappa shape index (κ3) is 5.43. The van der Waals surface area contributed by atoms with Crippen LogP contribution in [0.25, 0.3) is 11.1 Å². The van der Waals surface area contributed by atoms with Gasteiger partial charge in [-0.05, 0) is 91.3 Å². The summed E-state index contributed by atoms with van der Waals surface area (Å²) in [5, 5.41) is 0. The highest BCUT2D eigenvalue weighted by atomic mass is 32.2. The summed E-state index contributed by atoms with van der Waals surface area (Å²) in [5.74, 6) is 1.96. The Morgan fingerprint density at radius 2 is 1.84 bits per heavy atom. The maximum absolute atomic E-state index is 11.9. The van der Waals surface area contributed by atoms with Crippen molar-refractivity contribution < 1.29 is 17.9 Å². The van der Waals surface area contributed by atoms with Crippen molar-refractivity contribution in [2.75, 3.05) is 25.4 Å². The molecule has 2 aromatic rings. The van der Waals surface area contributed by atoms with E-state index in [1.54, 1.807) is 0 Å². The molecule has 2 aromatic carbocycles. The van der Waals surface area contributed by atoms with Crippen LogP contribution >= 0.6 is 0 Å². The molecule has 0 N–H and O–H groups in total. The van der Waals surface area contributed by atoms with Gasteiger partial charge in [0, 0.05) is 13.1 Å². The lowest BCUT2D eigenvalue weighted by atomic mass is 9.94. The molecule has 0 saturated carbocycles. The lowest BCUT2D eigenvalue weighted by molar-refractivity contribution is 0.209. The van der Waals surface area contributed by atoms with Crippen LogP contribution in [0.1, 0.15) is 36.0 Å². The summed E-state index contributed by atoms with van der Waals surface area (Å²) in [7, 11) is -3.08. The maximum Gasteiger partial charge on any atom is 0.214 e. The van der Waals surface area contributed by atoms with Crippen LogP contribution in [0.2, 0.25) is 0 Å². The highest BCUT2D eigenvalue weighted by molar-refractivity contribution is 7.89. The van der Waals surface area contributed by atoms with Crippen LogP contribution in [0, 0.1) is 13.8 Å². The normalized spacial score (nSPS) is 17.9. The van der Waals surface area contributed by atoms with Gasteiger partial charge in [0.05, 0.1) is 5.75 Å². The van der Waals surface area contributed by atoms with E-state index in [1.165, 1.54) is 9.87 Å². The van der Waals surface area contributed by atoms with Gasteiger partial charge in [0.25, 0.3) is 0 Å². The van der Waals surface area contributed by atoms with Gasteiger partial charge in [0.2, 0.25) is 10.0 Å². The molecule has 0 amide bonds. The van der Waals surface area contributed by atoms with E-state index in [2.05, 4.69) is 50.3 Å². The molecule has 0 spiro atoms. The van der Waals surface area contributed by atoms with E-state index in [0.717, 1.165) is 46.6 Å². The van der Waals surface area contributed by atoms with Crippen LogP contribution in [-0.2, 0) is 21.4 Å². The minimum Gasteiger partial charge on any atom is -0.492 e. The standard InChI is InChI=1S/C26H31NO4S/c1-20-16-25(30-14-13-27-12-7-15-32(27,28)29)17-21(2)26(20)23-9-6-8-22(18-23)19-31-24-10-4-3-5-11-24/h4,6,8-11,16-18H,3,5,7,12-15,19H2,1-2H3. The van der Waals surface area contributed by atoms with E-state index < -0.39 is 10.0 Å². The predicted molar refractivity (Wildman–Crippen MR) is 128 cm³/mol. The Kier molecular flexibility index (Phi) is 7.01. The summed E-state index contributed by atoms with van der Waals surface area (Å²) >= 11 is 0. The van der Waals surface area contributed by atoms with Crippen molar-refractivity contribution in [1.82, 2.24) is 4.31 Å². The second-order valence-corrected chi connectivity index (χ2v) is 10.5. The van der Waals surface area contributed by atoms with Gasteiger partial charge < -0.3 is 9.47 Å². The first kappa shape index (κ1) is 22.6. The Hall–Kier alpha value is -2.57. The second kappa shape index (κ2) is 9.92. The van der Waals surface area contributed by atoms with Gasteiger partial charge in [-0.1, -0.05) is 24.3 Å². The van der Waals surface area contributed by atoms with Crippen LogP contribution in [0.4, 0.5) is 0 Å². The molecule has 2 aliphatic rings. The summed E-state index contributed by atoms with van der Waals surface area (Å²) in [5.41, 5.74) is 5.74. The first-order valence-corrected chi connectivity index (χ1v) is 12.8. The van der Waals surface area contributed by atoms with E-state index in [-0.39, 0.29) is 5.75 Å². The molecule has 0 aromatic heterocycles. The Morgan fingerprint density at radius 1 is 1.03 bits per heavy atom. The number of hydrogen-bond donors (Lipinski definition) is 0. The Balaban J connectivity index is 1.42. The lowest BCUT2D eigenvalue weighted by Crippen LogP contribution is -2.30. The van der Waals surface area contributed by atoms with E-state index in [1.807, 2.05) is 18.2 Å². The van der Waals surface area contributed by atoms with E-state index in [9.17, 15) is 8.42 Å². The number of aryl methyl sites for hydroxylation is 2. The molecule has 0 radical (unpaired) electrons. The van der Waals surface area contributed by atoms with Crippen molar-refractivity contribution >= 4 is 10.0 Å². The van der Waals surface area contributed by atoms with Crippen molar-refractivity contribution in [3.63, 3.8) is 0 Å². The molecule has 1 fully saturated rings. The summed E-state index contributed by atoms with van der Waals surface area (Å²) in [6.07, 6.45) is 9.14. The van der Waals surface area contributed by atoms with Gasteiger partial charge in [-0.2, -0.15) is 4.31 Å². The largest absolute Gasteiger partial charge is 0.492 e. The van der Waals surface area contributed by atoms with E-state index in [0.29, 0.717) is 32.7 Å². The molecule has 1 aliphatic heterocycles. The predicted octanol–water partition coefficient (Wildman–Crippen LogP) is 5.14. The van der Waals surface area contributed by atoms with Crippen LogP contribution in [0.15, 0.2) is 60.4 Å². The average Bonchev–Trinajstić information content (AvgIpc) is 3.11. The molecule has 0 atom stereocenters. The lowest BCUT2D eigenvalue weighted by Gasteiger charge is -2.17. The molecule has 0 bridgehead atoms. The molecule has 170 valence electrons. The van der Waals surface area contributed by atoms with E-state index in [4.69, 9.17) is 9.47 Å². The third-order valence-corrected chi connectivity index (χ3v) is 7.86. The van der Waals surface area contributed by atoms with Crippen molar-refractivity contribution in [1.29, 1.82) is 0 Å². The molecule has 5 nitrogen and oxygen atoms in total. The Labute approximate surface area is 191 Å². The zero-order valence-electron chi connectivity index (χ0n) is 18.8. The van der Waals surface area contributed by atoms with Gasteiger partial charge in [-0.15, -0.1) is 0 Å². The van der Waals surface area contributed by atoms with Crippen molar-refractivity contribution in [3.05, 3.63) is 77.1 Å². The van der Waals surface area contributed by atoms with Crippen LogP contribution in [0.5, 0.6) is 5.75 Å². The topological polar surface area (TPSA) is 55.8 Å². The summed E-state index contributed by atoms with van der Waals surface area (Å²) in [6, 6.07) is 12.5. The first-order valence-electron chi connectivity index (χ1n) is 11.2. The maximum atomic E-state index is 11.9. The molecule has 1 heterocycles. The van der Waals surface area contributed by atoms with Crippen molar-refractivity contribution in [2.24, 2.45) is 0 Å². The van der Waals surface area contributed by atoms with Gasteiger partial charge in [0.15, 0.2) is 0 Å². The Morgan fingerprint density at radius 3 is 2.53 bits per heavy atom. The van der Waals surface area contributed by atoms with Gasteiger partial charge in [-0.25, -0.2) is 8.42 Å². The molecule has 4 rings (SSSR count). The third-order valence-electron chi connectivity index (χ3n) is 5.90. The van der Waals surface area contributed by atoms with Gasteiger partial charge in [-0.3, -0.25) is 0 Å². The summed E-state index contributed by atoms with van der Waals surface area (Å²) in [6.45, 7) is 6.06. The quantitative estimate of drug-likeness (QED) is 0.556. The minimum atomic E-state index is -3.08. The van der Waals surface area contributed by atoms with Crippen molar-refractivity contribution in [2.45, 2.75) is 39.7 Å². The number of sulfonamides is 1. The second-order valence-electron chi connectivity index (χ2n) is 8.42. The summed E-state index contributed by atoms with van der Waals surface area (Å²) < 4.78 is 37.2. The number of hydrogen-bond acceptors (Lipinski definition) is 4. The fourth-order valence-electron chi connectivity index (χ4n) is 4.35. The van der Waals surface area contributed by atoms with Crippen molar-refractivity contribution in [3.8, 4) is 16.9 Å². The molecular formula is C26H31NO4S. The highest BCUT2D eigenvalue weighted by Gasteiger charge is 2.27. The number of benzene rings is 2. The summed E-state index contributed by atoms with van der Waals surface area (Å²) in [4.78, 5) is 0. The first-order chi connectivity index (χ1) is 15.4. The number of nitrogens with zero attached hydrogens (tertiary/aromatic N) is 1. The van der Waals surface area contributed by atoms with Crippen LogP contribution < -0.4 is 4.74 Å². The SMILES string of the molecule is Cc1cc(OCCN2CCCS2(=O)=O)cc(C)c1-c1cccc(COC2=CCCC=C2)c1. The fourth-order valence-corrected chi connectivity index (χ4v) is 5.86. The van der Waals surface area contributed by atoms with Crippen LogP contribution in [0.3, 0.4) is 0 Å². The van der Waals surface area contributed by atoms with E-state index >= 15 is 0 Å². The molecule has 32 heavy (non-hydrogen) atoms. The number of rotatable bonds is 8. The number of ether oxygens (including phenoxy) is 2. The van der Waals surface area contributed by atoms with Crippen LogP contribution in [-0.4, -0.2) is 38.2 Å². The zero-order chi connectivity index (χ0) is 22.6. The zero-order valence-corrected chi connectivity index (χ0v) is 19.7. The molecular weight excluding hydrogens is 422 g/mol. The minimum absolute atomic E-state index is 0.248. The molecule has 1 saturated heterocycles. The number of allylic oxidation sites excluding steroid dienone is 3. The average molecular weight is 454 g/mol. The smallest absolute Gasteiger partial charge is 0.214 e. The highest BCUT2D eigenvalue weighted by Crippen LogP contribution is 2.32. The van der Waals surface area contributed by atoms with Gasteiger partial charge in [0.1, 0.15) is 24.7 Å². The monoisotopic (exact) mass is 453 g/mol. The molecule has 1 aliphatic carbocycles. The molecule has 6 heteroatoms. The molecule has 0 unspecified atom stereocenters.